The smallest absolute Gasteiger partial charge is 0.207 e. The maximum atomic E-state index is 13.6. The Morgan fingerprint density at radius 2 is 1.71 bits per heavy atom. The van der Waals surface area contributed by atoms with E-state index in [9.17, 15) is 17.2 Å². The van der Waals surface area contributed by atoms with Crippen LogP contribution in [0.4, 0.5) is 8.78 Å². The molecule has 0 heterocycles. The van der Waals surface area contributed by atoms with Gasteiger partial charge in [-0.15, -0.1) is 0 Å². The molecule has 0 fully saturated rings. The molecule has 0 bridgehead atoms. The van der Waals surface area contributed by atoms with Crippen LogP contribution in [0.25, 0.3) is 0 Å². The molecule has 0 aliphatic rings. The van der Waals surface area contributed by atoms with Gasteiger partial charge in [0.25, 0.3) is 0 Å². The first-order valence-electron chi connectivity index (χ1n) is 6.02. The Bertz CT molecular complexity index is 748. The molecule has 0 saturated heterocycles. The van der Waals surface area contributed by atoms with Crippen molar-refractivity contribution in [2.75, 3.05) is 0 Å². The third kappa shape index (κ3) is 3.78. The number of halogens is 3. The molecule has 0 spiro atoms. The summed E-state index contributed by atoms with van der Waals surface area (Å²) >= 11 is 5.76. The van der Waals surface area contributed by atoms with Crippen LogP contribution in [0.1, 0.15) is 18.5 Å². The standard InChI is InChI=1S/C14H12ClF2NO2S/c1-9(10-2-4-11(15)5-3-10)18-21(19,20)14-7-6-12(16)8-13(14)17/h2-9,18H,1H3. The van der Waals surface area contributed by atoms with E-state index < -0.39 is 32.6 Å². The normalized spacial score (nSPS) is 13.1. The average molecular weight is 332 g/mol. The van der Waals surface area contributed by atoms with Crippen molar-refractivity contribution in [2.24, 2.45) is 0 Å². The van der Waals surface area contributed by atoms with E-state index >= 15 is 0 Å². The molecule has 2 aromatic carbocycles. The molecule has 2 aromatic rings. The quantitative estimate of drug-likeness (QED) is 0.929. The van der Waals surface area contributed by atoms with Crippen molar-refractivity contribution in [3.63, 3.8) is 0 Å². The molecule has 0 aromatic heterocycles. The van der Waals surface area contributed by atoms with Crippen LogP contribution in [0.2, 0.25) is 5.02 Å². The fourth-order valence-electron chi connectivity index (χ4n) is 1.81. The number of sulfonamides is 1. The fourth-order valence-corrected chi connectivity index (χ4v) is 3.23. The molecule has 0 saturated carbocycles. The summed E-state index contributed by atoms with van der Waals surface area (Å²) in [6.07, 6.45) is 0. The highest BCUT2D eigenvalue weighted by atomic mass is 35.5. The van der Waals surface area contributed by atoms with Gasteiger partial charge in [-0.3, -0.25) is 0 Å². The zero-order chi connectivity index (χ0) is 15.6. The molecule has 112 valence electrons. The summed E-state index contributed by atoms with van der Waals surface area (Å²) in [5.41, 5.74) is 0.672. The maximum Gasteiger partial charge on any atom is 0.244 e. The van der Waals surface area contributed by atoms with Crippen LogP contribution in [0.5, 0.6) is 0 Å². The van der Waals surface area contributed by atoms with Gasteiger partial charge in [0, 0.05) is 17.1 Å². The van der Waals surface area contributed by atoms with E-state index in [4.69, 9.17) is 11.6 Å². The van der Waals surface area contributed by atoms with E-state index in [-0.39, 0.29) is 0 Å². The molecule has 1 N–H and O–H groups in total. The largest absolute Gasteiger partial charge is 0.244 e. The van der Waals surface area contributed by atoms with Gasteiger partial charge in [0.2, 0.25) is 10.0 Å². The first-order chi connectivity index (χ1) is 9.79. The number of rotatable bonds is 4. The van der Waals surface area contributed by atoms with E-state index in [0.29, 0.717) is 16.7 Å². The Labute approximate surface area is 126 Å². The first kappa shape index (κ1) is 15.9. The van der Waals surface area contributed by atoms with Gasteiger partial charge in [-0.25, -0.2) is 21.9 Å². The molecule has 21 heavy (non-hydrogen) atoms. The Balaban J connectivity index is 2.26. The second kappa shape index (κ2) is 6.09. The molecular formula is C14H12ClF2NO2S. The van der Waals surface area contributed by atoms with E-state index in [2.05, 4.69) is 4.72 Å². The zero-order valence-corrected chi connectivity index (χ0v) is 12.5. The van der Waals surface area contributed by atoms with Crippen molar-refractivity contribution < 1.29 is 17.2 Å². The summed E-state index contributed by atoms with van der Waals surface area (Å²) in [7, 11) is -4.09. The SMILES string of the molecule is CC(NS(=O)(=O)c1ccc(F)cc1F)c1ccc(Cl)cc1. The van der Waals surface area contributed by atoms with Gasteiger partial charge in [-0.1, -0.05) is 23.7 Å². The van der Waals surface area contributed by atoms with E-state index in [1.54, 1.807) is 31.2 Å². The van der Waals surface area contributed by atoms with Crippen LogP contribution in [0.15, 0.2) is 47.4 Å². The van der Waals surface area contributed by atoms with Gasteiger partial charge in [-0.05, 0) is 36.8 Å². The highest BCUT2D eigenvalue weighted by Crippen LogP contribution is 2.21. The van der Waals surface area contributed by atoms with Gasteiger partial charge >= 0.3 is 0 Å². The summed E-state index contributed by atoms with van der Waals surface area (Å²) in [4.78, 5) is -0.593. The molecule has 0 aliphatic carbocycles. The van der Waals surface area contributed by atoms with Crippen LogP contribution in [-0.4, -0.2) is 8.42 Å². The number of hydrogen-bond donors (Lipinski definition) is 1. The molecule has 0 radical (unpaired) electrons. The monoisotopic (exact) mass is 331 g/mol. The van der Waals surface area contributed by atoms with Crippen molar-refractivity contribution >= 4 is 21.6 Å². The Hall–Kier alpha value is -1.50. The van der Waals surface area contributed by atoms with Crippen LogP contribution in [-0.2, 0) is 10.0 Å². The Morgan fingerprint density at radius 1 is 1.10 bits per heavy atom. The molecule has 0 amide bonds. The minimum absolute atomic E-state index is 0.526. The van der Waals surface area contributed by atoms with Crippen molar-refractivity contribution in [3.05, 3.63) is 64.7 Å². The Morgan fingerprint density at radius 3 is 2.29 bits per heavy atom. The molecule has 1 atom stereocenters. The second-order valence-electron chi connectivity index (χ2n) is 4.47. The van der Waals surface area contributed by atoms with Crippen LogP contribution < -0.4 is 4.72 Å². The number of nitrogens with one attached hydrogen (secondary N) is 1. The molecule has 2 rings (SSSR count). The maximum absolute atomic E-state index is 13.6. The summed E-state index contributed by atoms with van der Waals surface area (Å²) < 4.78 is 53.0. The Kier molecular flexibility index (Phi) is 4.61. The van der Waals surface area contributed by atoms with Gasteiger partial charge < -0.3 is 0 Å². The molecule has 0 aliphatic heterocycles. The number of benzene rings is 2. The summed E-state index contributed by atoms with van der Waals surface area (Å²) in [6, 6.07) is 8.30. The second-order valence-corrected chi connectivity index (χ2v) is 6.59. The lowest BCUT2D eigenvalue weighted by atomic mass is 10.1. The van der Waals surface area contributed by atoms with Crippen molar-refractivity contribution in [1.29, 1.82) is 0 Å². The fraction of sp³-hybridized carbons (Fsp3) is 0.143. The third-order valence-electron chi connectivity index (χ3n) is 2.89. The molecule has 1 unspecified atom stereocenters. The first-order valence-corrected chi connectivity index (χ1v) is 7.88. The zero-order valence-electron chi connectivity index (χ0n) is 11.0. The summed E-state index contributed by atoms with van der Waals surface area (Å²) in [6.45, 7) is 1.61. The lowest BCUT2D eigenvalue weighted by molar-refractivity contribution is 0.536. The highest BCUT2D eigenvalue weighted by molar-refractivity contribution is 7.89. The van der Waals surface area contributed by atoms with Gasteiger partial charge in [0.1, 0.15) is 16.5 Å². The van der Waals surface area contributed by atoms with Crippen molar-refractivity contribution in [3.8, 4) is 0 Å². The van der Waals surface area contributed by atoms with E-state index in [1.807, 2.05) is 0 Å². The third-order valence-corrected chi connectivity index (χ3v) is 4.71. The van der Waals surface area contributed by atoms with E-state index in [1.165, 1.54) is 0 Å². The highest BCUT2D eigenvalue weighted by Gasteiger charge is 2.22. The molecule has 3 nitrogen and oxygen atoms in total. The summed E-state index contributed by atoms with van der Waals surface area (Å²) in [5, 5.41) is 0.526. The van der Waals surface area contributed by atoms with Gasteiger partial charge in [0.05, 0.1) is 0 Å². The predicted molar refractivity (Wildman–Crippen MR) is 76.5 cm³/mol. The lowest BCUT2D eigenvalue weighted by Crippen LogP contribution is -2.27. The predicted octanol–water partition coefficient (Wildman–Crippen LogP) is 3.66. The minimum Gasteiger partial charge on any atom is -0.207 e. The summed E-state index contributed by atoms with van der Waals surface area (Å²) in [5.74, 6) is -1.97. The van der Waals surface area contributed by atoms with Gasteiger partial charge in [-0.2, -0.15) is 0 Å². The van der Waals surface area contributed by atoms with Crippen LogP contribution in [0.3, 0.4) is 0 Å². The van der Waals surface area contributed by atoms with Gasteiger partial charge in [0.15, 0.2) is 0 Å². The number of hydrogen-bond acceptors (Lipinski definition) is 2. The van der Waals surface area contributed by atoms with Crippen LogP contribution in [0, 0.1) is 11.6 Å². The van der Waals surface area contributed by atoms with Crippen molar-refractivity contribution in [2.45, 2.75) is 17.9 Å². The molecule has 7 heteroatoms. The molecular weight excluding hydrogens is 320 g/mol. The lowest BCUT2D eigenvalue weighted by Gasteiger charge is -2.15. The topological polar surface area (TPSA) is 46.2 Å². The van der Waals surface area contributed by atoms with E-state index in [0.717, 1.165) is 12.1 Å². The minimum atomic E-state index is -4.09. The average Bonchev–Trinajstić information content (AvgIpc) is 2.38. The van der Waals surface area contributed by atoms with Crippen LogP contribution >= 0.6 is 11.6 Å². The van der Waals surface area contributed by atoms with Crippen molar-refractivity contribution in [1.82, 2.24) is 4.72 Å².